The predicted molar refractivity (Wildman–Crippen MR) is 98.9 cm³/mol. The number of rotatable bonds is 7. The number of carbonyl (C=O) groups is 3. The summed E-state index contributed by atoms with van der Waals surface area (Å²) in [6.45, 7) is 4.51. The number of benzene rings is 1. The van der Waals surface area contributed by atoms with Crippen LogP contribution in [0.3, 0.4) is 0 Å². The number of carbonyl (C=O) groups excluding carboxylic acids is 3. The average molecular weight is 392 g/mol. The predicted octanol–water partition coefficient (Wildman–Crippen LogP) is 1.91. The summed E-state index contributed by atoms with van der Waals surface area (Å²) in [5, 5.41) is 11.3. The molecule has 0 saturated carbocycles. The number of aromatic nitrogens is 3. The topological polar surface area (TPSA) is 112 Å². The van der Waals surface area contributed by atoms with Gasteiger partial charge in [0.1, 0.15) is 5.82 Å². The van der Waals surface area contributed by atoms with E-state index < -0.39 is 11.9 Å². The number of esters is 2. The Bertz CT molecular complexity index is 831. The van der Waals surface area contributed by atoms with Crippen molar-refractivity contribution in [2.45, 2.75) is 25.5 Å². The zero-order valence-corrected chi connectivity index (χ0v) is 16.3. The lowest BCUT2D eigenvalue weighted by Crippen LogP contribution is -2.16. The summed E-state index contributed by atoms with van der Waals surface area (Å²) in [5.74, 6) is -0.710. The molecule has 0 unspecified atom stereocenters. The monoisotopic (exact) mass is 392 g/mol. The molecule has 1 aromatic heterocycles. The second-order valence-corrected chi connectivity index (χ2v) is 6.34. The van der Waals surface area contributed by atoms with Gasteiger partial charge in [0.15, 0.2) is 5.16 Å². The van der Waals surface area contributed by atoms with Gasteiger partial charge >= 0.3 is 11.9 Å². The smallest absolute Gasteiger partial charge is 0.337 e. The Morgan fingerprint density at radius 2 is 1.67 bits per heavy atom. The Morgan fingerprint density at radius 1 is 1.07 bits per heavy atom. The van der Waals surface area contributed by atoms with Crippen molar-refractivity contribution in [2.24, 2.45) is 0 Å². The second kappa shape index (κ2) is 9.17. The second-order valence-electron chi connectivity index (χ2n) is 5.39. The Hall–Kier alpha value is -2.88. The average Bonchev–Trinajstić information content (AvgIpc) is 3.04. The molecule has 0 aliphatic heterocycles. The molecule has 0 saturated heterocycles. The molecule has 0 aliphatic carbocycles. The summed E-state index contributed by atoms with van der Waals surface area (Å²) >= 11 is 1.24. The minimum absolute atomic E-state index is 0.0914. The van der Waals surface area contributed by atoms with E-state index in [2.05, 4.69) is 25.0 Å². The Labute approximate surface area is 160 Å². The Balaban J connectivity index is 2.13. The highest BCUT2D eigenvalue weighted by Crippen LogP contribution is 2.20. The van der Waals surface area contributed by atoms with Crippen molar-refractivity contribution in [1.29, 1.82) is 0 Å². The fourth-order valence-electron chi connectivity index (χ4n) is 2.33. The third-order valence-corrected chi connectivity index (χ3v) is 4.58. The van der Waals surface area contributed by atoms with E-state index in [4.69, 9.17) is 0 Å². The lowest BCUT2D eigenvalue weighted by atomic mass is 10.1. The van der Waals surface area contributed by atoms with Crippen molar-refractivity contribution < 1.29 is 23.9 Å². The van der Waals surface area contributed by atoms with Crippen LogP contribution in [-0.2, 0) is 20.8 Å². The van der Waals surface area contributed by atoms with Crippen LogP contribution < -0.4 is 5.32 Å². The number of thioether (sulfide) groups is 1. The number of methoxy groups -OCH3 is 2. The zero-order valence-electron chi connectivity index (χ0n) is 15.4. The van der Waals surface area contributed by atoms with Gasteiger partial charge in [-0.05, 0) is 32.0 Å². The van der Waals surface area contributed by atoms with Gasteiger partial charge in [0, 0.05) is 12.2 Å². The maximum atomic E-state index is 12.3. The van der Waals surface area contributed by atoms with Crippen molar-refractivity contribution in [2.75, 3.05) is 25.3 Å². The van der Waals surface area contributed by atoms with Crippen molar-refractivity contribution >= 4 is 35.3 Å². The van der Waals surface area contributed by atoms with E-state index in [0.29, 0.717) is 11.7 Å². The molecule has 10 heteroatoms. The molecule has 0 aliphatic rings. The Morgan fingerprint density at radius 3 is 2.19 bits per heavy atom. The first kappa shape index (κ1) is 20.4. The first-order chi connectivity index (χ1) is 12.9. The minimum atomic E-state index is -0.628. The molecule has 144 valence electrons. The van der Waals surface area contributed by atoms with E-state index in [-0.39, 0.29) is 28.5 Å². The lowest BCUT2D eigenvalue weighted by molar-refractivity contribution is -0.113. The van der Waals surface area contributed by atoms with Crippen LogP contribution in [0, 0.1) is 6.92 Å². The third kappa shape index (κ3) is 5.07. The number of hydrogen-bond donors (Lipinski definition) is 1. The van der Waals surface area contributed by atoms with Crippen LogP contribution in [0.2, 0.25) is 0 Å². The normalized spacial score (nSPS) is 10.4. The molecule has 9 nitrogen and oxygen atoms in total. The van der Waals surface area contributed by atoms with Crippen LogP contribution >= 0.6 is 11.8 Å². The van der Waals surface area contributed by atoms with Crippen molar-refractivity contribution in [3.05, 3.63) is 35.2 Å². The summed E-state index contributed by atoms with van der Waals surface area (Å²) in [5.41, 5.74) is 0.548. The van der Waals surface area contributed by atoms with Crippen molar-refractivity contribution in [1.82, 2.24) is 14.8 Å². The molecule has 0 radical (unpaired) electrons. The molecule has 0 bridgehead atoms. The molecule has 1 N–H and O–H groups in total. The molecule has 1 amide bonds. The number of amides is 1. The highest BCUT2D eigenvalue weighted by Gasteiger charge is 2.16. The van der Waals surface area contributed by atoms with Crippen LogP contribution in [-0.4, -0.2) is 52.6 Å². The molecular formula is C17H20N4O5S. The van der Waals surface area contributed by atoms with Gasteiger partial charge in [0.2, 0.25) is 5.91 Å². The SMILES string of the molecule is CCn1c(C)nnc1SCC(=O)Nc1cc(C(=O)OC)cc(C(=O)OC)c1. The quantitative estimate of drug-likeness (QED) is 0.562. The number of aryl methyl sites for hydroxylation is 1. The molecule has 2 rings (SSSR count). The summed E-state index contributed by atoms with van der Waals surface area (Å²) in [7, 11) is 2.46. The van der Waals surface area contributed by atoms with Gasteiger partial charge in [0.05, 0.1) is 31.1 Å². The number of nitrogens with one attached hydrogen (secondary N) is 1. The fraction of sp³-hybridized carbons (Fsp3) is 0.353. The van der Waals surface area contributed by atoms with Crippen LogP contribution in [0.25, 0.3) is 0 Å². The van der Waals surface area contributed by atoms with E-state index in [9.17, 15) is 14.4 Å². The lowest BCUT2D eigenvalue weighted by Gasteiger charge is -2.10. The number of ether oxygens (including phenoxy) is 2. The highest BCUT2D eigenvalue weighted by molar-refractivity contribution is 7.99. The van der Waals surface area contributed by atoms with Gasteiger partial charge in [0.25, 0.3) is 0 Å². The van der Waals surface area contributed by atoms with Crippen molar-refractivity contribution in [3.63, 3.8) is 0 Å². The summed E-state index contributed by atoms with van der Waals surface area (Å²) in [6.07, 6.45) is 0. The van der Waals surface area contributed by atoms with E-state index in [1.165, 1.54) is 44.2 Å². The first-order valence-corrected chi connectivity index (χ1v) is 9.02. The molecule has 0 fully saturated rings. The molecular weight excluding hydrogens is 372 g/mol. The molecule has 1 aromatic carbocycles. The van der Waals surface area contributed by atoms with Gasteiger partial charge in [-0.1, -0.05) is 11.8 Å². The van der Waals surface area contributed by atoms with Crippen LogP contribution in [0.5, 0.6) is 0 Å². The van der Waals surface area contributed by atoms with Gasteiger partial charge in [-0.15, -0.1) is 10.2 Å². The van der Waals surface area contributed by atoms with E-state index >= 15 is 0 Å². The van der Waals surface area contributed by atoms with E-state index in [0.717, 1.165) is 5.82 Å². The Kier molecular flexibility index (Phi) is 6.94. The summed E-state index contributed by atoms with van der Waals surface area (Å²) < 4.78 is 11.2. The van der Waals surface area contributed by atoms with Gasteiger partial charge in [-0.2, -0.15) is 0 Å². The van der Waals surface area contributed by atoms with E-state index in [1.54, 1.807) is 0 Å². The number of hydrogen-bond acceptors (Lipinski definition) is 8. The summed E-state index contributed by atoms with van der Waals surface area (Å²) in [4.78, 5) is 35.8. The molecule has 2 aromatic rings. The maximum absolute atomic E-state index is 12.3. The van der Waals surface area contributed by atoms with Gasteiger partial charge in [-0.25, -0.2) is 9.59 Å². The van der Waals surface area contributed by atoms with Crippen LogP contribution in [0.4, 0.5) is 5.69 Å². The zero-order chi connectivity index (χ0) is 20.0. The first-order valence-electron chi connectivity index (χ1n) is 8.03. The maximum Gasteiger partial charge on any atom is 0.337 e. The summed E-state index contributed by atoms with van der Waals surface area (Å²) in [6, 6.07) is 4.20. The molecule has 0 spiro atoms. The molecule has 1 heterocycles. The van der Waals surface area contributed by atoms with E-state index in [1.807, 2.05) is 18.4 Å². The fourth-order valence-corrected chi connectivity index (χ4v) is 3.18. The largest absolute Gasteiger partial charge is 0.465 e. The molecule has 27 heavy (non-hydrogen) atoms. The van der Waals surface area contributed by atoms with Crippen LogP contribution in [0.1, 0.15) is 33.5 Å². The number of nitrogens with zero attached hydrogens (tertiary/aromatic N) is 3. The standard InChI is InChI=1S/C17H20N4O5S/c1-5-21-10(2)19-20-17(21)27-9-14(22)18-13-7-11(15(23)25-3)6-12(8-13)16(24)26-4/h6-8H,5,9H2,1-4H3,(H,18,22). The van der Waals surface area contributed by atoms with Crippen LogP contribution in [0.15, 0.2) is 23.4 Å². The highest BCUT2D eigenvalue weighted by atomic mass is 32.2. The number of anilines is 1. The van der Waals surface area contributed by atoms with Gasteiger partial charge < -0.3 is 19.4 Å². The van der Waals surface area contributed by atoms with Gasteiger partial charge in [-0.3, -0.25) is 4.79 Å². The third-order valence-electron chi connectivity index (χ3n) is 3.61. The van der Waals surface area contributed by atoms with Crippen molar-refractivity contribution in [3.8, 4) is 0 Å². The minimum Gasteiger partial charge on any atom is -0.465 e. The molecule has 0 atom stereocenters.